The average molecular weight is 922 g/mol. The molecule has 2 saturated heterocycles. The molecule has 0 bridgehead atoms. The van der Waals surface area contributed by atoms with Crippen molar-refractivity contribution in [3.05, 3.63) is 132 Å². The van der Waals surface area contributed by atoms with E-state index in [2.05, 4.69) is 20.3 Å². The van der Waals surface area contributed by atoms with Gasteiger partial charge in [0.1, 0.15) is 30.3 Å². The topological polar surface area (TPSA) is 233 Å². The molecule has 66 heavy (non-hydrogen) atoms. The number of alkyl carbamates (subject to hydrolysis) is 1. The van der Waals surface area contributed by atoms with Gasteiger partial charge in [-0.1, -0.05) is 91.0 Å². The van der Waals surface area contributed by atoms with E-state index in [1.807, 2.05) is 48.5 Å². The first-order chi connectivity index (χ1) is 32.0. The van der Waals surface area contributed by atoms with Gasteiger partial charge in [0.05, 0.1) is 17.5 Å². The number of unbranched alkanes of at least 4 members (excludes halogenated alkanes) is 1. The van der Waals surface area contributed by atoms with Gasteiger partial charge in [0, 0.05) is 25.6 Å². The average Bonchev–Trinajstić information content (AvgIpc) is 3.97. The summed E-state index contributed by atoms with van der Waals surface area (Å²) in [4.78, 5) is 77.6. The maximum atomic E-state index is 14.8. The van der Waals surface area contributed by atoms with Crippen LogP contribution in [0.25, 0.3) is 11.1 Å². The van der Waals surface area contributed by atoms with E-state index < -0.39 is 70.1 Å². The van der Waals surface area contributed by atoms with Crippen molar-refractivity contribution >= 4 is 50.9 Å². The monoisotopic (exact) mass is 921 g/mol. The number of fused-ring (bicyclic) bond motifs is 1. The molecule has 0 saturated carbocycles. The molecular weight excluding hydrogens is 867 g/mol. The third-order valence-corrected chi connectivity index (χ3v) is 13.2. The number of hydrogen-bond donors (Lipinski definition) is 4. The molecule has 0 spiro atoms. The first kappa shape index (κ1) is 47.3. The van der Waals surface area contributed by atoms with Gasteiger partial charge in [-0.05, 0) is 86.9 Å². The number of ketones is 1. The first-order valence-corrected chi connectivity index (χ1v) is 23.7. The van der Waals surface area contributed by atoms with Crippen LogP contribution in [-0.4, -0.2) is 109 Å². The minimum absolute atomic E-state index is 0.0468. The number of hydrogen-bond acceptors (Lipinski definition) is 12. The molecule has 0 aliphatic carbocycles. The lowest BCUT2D eigenvalue weighted by atomic mass is 10.0. The van der Waals surface area contributed by atoms with Crippen LogP contribution >= 0.6 is 0 Å². The Labute approximate surface area is 383 Å². The number of carbonyl (C=O) groups excluding carboxylic acids is 5. The van der Waals surface area contributed by atoms with Crippen LogP contribution in [0.15, 0.2) is 125 Å². The maximum absolute atomic E-state index is 14.8. The fourth-order valence-corrected chi connectivity index (χ4v) is 9.46. The van der Waals surface area contributed by atoms with E-state index in [1.165, 1.54) is 21.9 Å². The molecule has 4 atom stereocenters. The van der Waals surface area contributed by atoms with Crippen LogP contribution in [0.2, 0.25) is 0 Å². The third-order valence-electron chi connectivity index (χ3n) is 11.7. The summed E-state index contributed by atoms with van der Waals surface area (Å²) in [6, 6.07) is 29.5. The van der Waals surface area contributed by atoms with Crippen molar-refractivity contribution in [3.63, 3.8) is 0 Å². The van der Waals surface area contributed by atoms with Gasteiger partial charge in [-0.3, -0.25) is 14.4 Å². The SMILES string of the molecule is NCCCC[C@H](NC(=O)[C@@H]1C[C@@H](OC(=O)N2CCC(NS(=O)(=O)c3ccccc3)CC2)CN1C(=O)[C@@H](CCc1ccccc1)NC(=O)OCc1ccccc1)C(=O)c1nc2ccccc2o1. The molecule has 5 N–H and O–H groups in total. The van der Waals surface area contributed by atoms with Gasteiger partial charge in [0.15, 0.2) is 5.58 Å². The summed E-state index contributed by atoms with van der Waals surface area (Å²) in [6.07, 6.45) is -0.163. The molecule has 2 fully saturated rings. The van der Waals surface area contributed by atoms with Gasteiger partial charge >= 0.3 is 12.2 Å². The Kier molecular flexibility index (Phi) is 16.1. The number of aryl methyl sites for hydroxylation is 1. The van der Waals surface area contributed by atoms with Crippen LogP contribution in [0.1, 0.15) is 66.8 Å². The lowest BCUT2D eigenvalue weighted by Gasteiger charge is -2.32. The van der Waals surface area contributed by atoms with Crippen LogP contribution < -0.4 is 21.1 Å². The largest absolute Gasteiger partial charge is 0.445 e. The highest BCUT2D eigenvalue weighted by atomic mass is 32.2. The number of benzene rings is 4. The van der Waals surface area contributed by atoms with E-state index in [4.69, 9.17) is 19.6 Å². The number of rotatable bonds is 19. The number of sulfonamides is 1. The summed E-state index contributed by atoms with van der Waals surface area (Å²) in [5.74, 6) is -2.04. The lowest BCUT2D eigenvalue weighted by molar-refractivity contribution is -0.140. The Morgan fingerprint density at radius 3 is 2.12 bits per heavy atom. The number of carbonyl (C=O) groups is 5. The second-order valence-corrected chi connectivity index (χ2v) is 18.1. The summed E-state index contributed by atoms with van der Waals surface area (Å²) >= 11 is 0. The standard InChI is InChI=1S/C48H55N7O10S/c49-27-13-12-21-39(43(56)45-51-38-20-10-11-22-42(38)65-45)50-44(57)41-30-36(64-48(60)54-28-25-35(26-29-54)53-66(61,62)37-18-8-3-9-19-37)31-55(41)46(58)40(24-23-33-14-4-1-5-15-33)52-47(59)63-32-34-16-6-2-7-17-34/h1-11,14-20,22,35-36,39-41,53H,12-13,21,23-32,49H2,(H,50,57)(H,52,59)/t36-,39+,40-,41+/m1/s1. The van der Waals surface area contributed by atoms with Crippen LogP contribution in [0.4, 0.5) is 9.59 Å². The normalized spacial score (nSPS) is 17.5. The molecule has 17 nitrogen and oxygen atoms in total. The number of para-hydroxylation sites is 2. The molecule has 7 rings (SSSR count). The Morgan fingerprint density at radius 1 is 0.788 bits per heavy atom. The third kappa shape index (κ3) is 12.6. The smallest absolute Gasteiger partial charge is 0.410 e. The molecule has 2 aliphatic heterocycles. The number of likely N-dealkylation sites (tertiary alicyclic amines) is 2. The van der Waals surface area contributed by atoms with Crippen LogP contribution in [-0.2, 0) is 42.1 Å². The highest BCUT2D eigenvalue weighted by molar-refractivity contribution is 7.89. The quantitative estimate of drug-likeness (QED) is 0.0626. The summed E-state index contributed by atoms with van der Waals surface area (Å²) in [5, 5.41) is 5.58. The van der Waals surface area contributed by atoms with Crippen LogP contribution in [0.5, 0.6) is 0 Å². The molecule has 3 heterocycles. The fourth-order valence-electron chi connectivity index (χ4n) is 8.14. The number of nitrogens with one attached hydrogen (secondary N) is 3. The van der Waals surface area contributed by atoms with Gasteiger partial charge in [-0.2, -0.15) is 0 Å². The Hall–Kier alpha value is -6.63. The van der Waals surface area contributed by atoms with Gasteiger partial charge in [0.25, 0.3) is 5.89 Å². The van der Waals surface area contributed by atoms with E-state index >= 15 is 0 Å². The van der Waals surface area contributed by atoms with E-state index in [0.29, 0.717) is 49.7 Å². The number of nitrogens with zero attached hydrogens (tertiary/aromatic N) is 3. The number of ether oxygens (including phenoxy) is 2. The zero-order chi connectivity index (χ0) is 46.5. The summed E-state index contributed by atoms with van der Waals surface area (Å²) in [6.45, 7) is 0.504. The molecule has 1 aromatic heterocycles. The molecule has 4 amide bonds. The number of aromatic nitrogens is 1. The van der Waals surface area contributed by atoms with Gasteiger partial charge < -0.3 is 40.1 Å². The molecular formula is C48H55N7O10S. The molecule has 0 radical (unpaired) electrons. The fraction of sp³-hybridized carbons (Fsp3) is 0.375. The maximum Gasteiger partial charge on any atom is 0.410 e. The summed E-state index contributed by atoms with van der Waals surface area (Å²) < 4.78 is 45.9. The van der Waals surface area contributed by atoms with Crippen LogP contribution in [0, 0.1) is 0 Å². The zero-order valence-corrected chi connectivity index (χ0v) is 37.3. The lowest BCUT2D eigenvalue weighted by Crippen LogP contribution is -2.55. The first-order valence-electron chi connectivity index (χ1n) is 22.2. The molecule has 4 aromatic carbocycles. The van der Waals surface area contributed by atoms with Crippen molar-refractivity contribution in [2.75, 3.05) is 26.2 Å². The second kappa shape index (κ2) is 22.5. The van der Waals surface area contributed by atoms with Crippen LogP contribution in [0.3, 0.4) is 0 Å². The molecule has 5 aromatic rings. The molecule has 2 aliphatic rings. The Balaban J connectivity index is 1.09. The number of nitrogens with two attached hydrogens (primary N) is 1. The van der Waals surface area contributed by atoms with Crippen molar-refractivity contribution in [3.8, 4) is 0 Å². The Bertz CT molecular complexity index is 2500. The minimum Gasteiger partial charge on any atom is -0.445 e. The summed E-state index contributed by atoms with van der Waals surface area (Å²) in [7, 11) is -3.77. The number of Topliss-reactive ketones (excluding diaryl/α,β-unsaturated/α-hetero) is 1. The van der Waals surface area contributed by atoms with E-state index in [-0.39, 0.29) is 56.3 Å². The van der Waals surface area contributed by atoms with E-state index in [9.17, 15) is 32.4 Å². The van der Waals surface area contributed by atoms with Gasteiger partial charge in [0.2, 0.25) is 27.6 Å². The van der Waals surface area contributed by atoms with E-state index in [0.717, 1.165) is 11.1 Å². The highest BCUT2D eigenvalue weighted by Crippen LogP contribution is 2.26. The second-order valence-electron chi connectivity index (χ2n) is 16.4. The van der Waals surface area contributed by atoms with Crippen molar-refractivity contribution in [1.82, 2.24) is 30.1 Å². The number of piperidine rings is 1. The molecule has 18 heteroatoms. The number of amides is 4. The predicted molar refractivity (Wildman–Crippen MR) is 243 cm³/mol. The minimum atomic E-state index is -3.77. The van der Waals surface area contributed by atoms with Crippen molar-refractivity contribution in [1.29, 1.82) is 0 Å². The predicted octanol–water partition coefficient (Wildman–Crippen LogP) is 5.10. The Morgan fingerprint density at radius 2 is 1.44 bits per heavy atom. The molecule has 348 valence electrons. The van der Waals surface area contributed by atoms with Gasteiger partial charge in [-0.25, -0.2) is 27.7 Å². The van der Waals surface area contributed by atoms with Crippen molar-refractivity contribution < 1.29 is 46.3 Å². The summed E-state index contributed by atoms with van der Waals surface area (Å²) in [5.41, 5.74) is 8.31. The van der Waals surface area contributed by atoms with E-state index in [1.54, 1.807) is 54.6 Å². The van der Waals surface area contributed by atoms with Crippen molar-refractivity contribution in [2.24, 2.45) is 5.73 Å². The van der Waals surface area contributed by atoms with Gasteiger partial charge in [-0.15, -0.1) is 0 Å². The number of oxazole rings is 1. The highest BCUT2D eigenvalue weighted by Gasteiger charge is 2.45. The zero-order valence-electron chi connectivity index (χ0n) is 36.5. The molecule has 0 unspecified atom stereocenters. The van der Waals surface area contributed by atoms with Crippen molar-refractivity contribution in [2.45, 2.75) is 93.1 Å².